The molecule has 1 heterocycles. The standard InChI is InChI=1S/C11H19NO9.Li/c1-4(14)12-7-5(15)2-11(20,10(18)19)21-9(7)8(17)6(16)3-13;/h5-9,13,15-17,20H,2-3H2,1H3,(H,12,14)(H,18,19);/q;+1/p-1/t5-,6+,7+,8+,9+,11?;/m0./s1. The van der Waals surface area contributed by atoms with Gasteiger partial charge in [0.15, 0.2) is 0 Å². The van der Waals surface area contributed by atoms with Gasteiger partial charge in [-0.2, -0.15) is 0 Å². The smallest absolute Gasteiger partial charge is 0.544 e. The minimum atomic E-state index is -2.89. The number of hydrogen-bond acceptors (Lipinski definition) is 9. The number of hydrogen-bond donors (Lipinski definition) is 6. The molecule has 1 saturated heterocycles. The fourth-order valence-corrected chi connectivity index (χ4v) is 2.13. The van der Waals surface area contributed by atoms with E-state index in [1.54, 1.807) is 0 Å². The topological polar surface area (TPSA) is 180 Å². The first kappa shape index (κ1) is 21.3. The Morgan fingerprint density at radius 3 is 2.41 bits per heavy atom. The zero-order valence-electron chi connectivity index (χ0n) is 12.2. The number of carbonyl (C=O) groups is 2. The Morgan fingerprint density at radius 2 is 2.00 bits per heavy atom. The van der Waals surface area contributed by atoms with Crippen LogP contribution < -0.4 is 29.3 Å². The summed E-state index contributed by atoms with van der Waals surface area (Å²) in [4.78, 5) is 22.0. The summed E-state index contributed by atoms with van der Waals surface area (Å²) in [5.41, 5.74) is 0. The monoisotopic (exact) mass is 315 g/mol. The van der Waals surface area contributed by atoms with Crippen LogP contribution in [-0.4, -0.2) is 80.3 Å². The zero-order valence-corrected chi connectivity index (χ0v) is 12.2. The third-order valence-electron chi connectivity index (χ3n) is 3.19. The normalized spacial score (nSPS) is 34.2. The molecule has 0 bridgehead atoms. The molecule has 0 spiro atoms. The third-order valence-corrected chi connectivity index (χ3v) is 3.19. The predicted molar refractivity (Wildman–Crippen MR) is 62.2 cm³/mol. The maximum atomic E-state index is 11.1. The first-order valence-electron chi connectivity index (χ1n) is 6.16. The molecular weight excluding hydrogens is 297 g/mol. The average Bonchev–Trinajstić information content (AvgIpc) is 2.39. The molecule has 6 atom stereocenters. The Hall–Kier alpha value is -0.703. The van der Waals surface area contributed by atoms with Crippen LogP contribution in [0.4, 0.5) is 0 Å². The molecule has 1 rings (SSSR count). The molecule has 0 aromatic carbocycles. The van der Waals surface area contributed by atoms with Gasteiger partial charge in [-0.25, -0.2) is 0 Å². The van der Waals surface area contributed by atoms with Crippen molar-refractivity contribution in [2.75, 3.05) is 6.61 Å². The Labute approximate surface area is 137 Å². The van der Waals surface area contributed by atoms with Crippen molar-refractivity contribution in [1.29, 1.82) is 0 Å². The molecule has 6 N–H and O–H groups in total. The summed E-state index contributed by atoms with van der Waals surface area (Å²) >= 11 is 0. The second-order valence-electron chi connectivity index (χ2n) is 4.89. The van der Waals surface area contributed by atoms with Crippen LogP contribution in [0.5, 0.6) is 0 Å². The van der Waals surface area contributed by atoms with Gasteiger partial charge in [-0.15, -0.1) is 0 Å². The van der Waals surface area contributed by atoms with E-state index in [-0.39, 0.29) is 18.9 Å². The molecule has 122 valence electrons. The summed E-state index contributed by atoms with van der Waals surface area (Å²) < 4.78 is 4.80. The van der Waals surface area contributed by atoms with Crippen molar-refractivity contribution in [3.63, 3.8) is 0 Å². The first-order chi connectivity index (χ1) is 9.62. The Bertz CT molecular complexity index is 409. The van der Waals surface area contributed by atoms with Gasteiger partial charge in [0.2, 0.25) is 11.7 Å². The predicted octanol–water partition coefficient (Wildman–Crippen LogP) is -8.20. The number of aliphatic hydroxyl groups excluding tert-OH is 4. The molecule has 22 heavy (non-hydrogen) atoms. The van der Waals surface area contributed by atoms with E-state index in [1.165, 1.54) is 0 Å². The number of aliphatic hydroxyl groups is 5. The van der Waals surface area contributed by atoms with Gasteiger partial charge in [0.05, 0.1) is 18.8 Å². The number of carboxylic acid groups (broad SMARTS) is 1. The van der Waals surface area contributed by atoms with Gasteiger partial charge < -0.3 is 45.5 Å². The number of aliphatic carboxylic acids is 1. The van der Waals surface area contributed by atoms with E-state index in [4.69, 9.17) is 9.84 Å². The molecule has 11 heteroatoms. The van der Waals surface area contributed by atoms with Gasteiger partial charge in [-0.1, -0.05) is 0 Å². The Kier molecular flexibility index (Phi) is 7.97. The number of rotatable bonds is 5. The van der Waals surface area contributed by atoms with Crippen LogP contribution in [0.3, 0.4) is 0 Å². The van der Waals surface area contributed by atoms with Crippen LogP contribution in [0, 0.1) is 0 Å². The van der Waals surface area contributed by atoms with E-state index in [9.17, 15) is 35.1 Å². The van der Waals surface area contributed by atoms with Crippen molar-refractivity contribution in [2.45, 2.75) is 49.6 Å². The van der Waals surface area contributed by atoms with Crippen molar-refractivity contribution >= 4 is 11.9 Å². The van der Waals surface area contributed by atoms with Crippen molar-refractivity contribution in [3.05, 3.63) is 0 Å². The average molecular weight is 315 g/mol. The number of amides is 1. The third kappa shape index (κ3) is 4.64. The molecule has 0 aromatic rings. The summed E-state index contributed by atoms with van der Waals surface area (Å²) in [6.45, 7) is 0.228. The second-order valence-corrected chi connectivity index (χ2v) is 4.89. The summed E-state index contributed by atoms with van der Waals surface area (Å²) in [5.74, 6) is -5.55. The number of carbonyl (C=O) groups excluding carboxylic acids is 2. The van der Waals surface area contributed by atoms with E-state index in [1.807, 2.05) is 0 Å². The molecule has 10 nitrogen and oxygen atoms in total. The largest absolute Gasteiger partial charge is 1.00 e. The second kappa shape index (κ2) is 8.23. The van der Waals surface area contributed by atoms with Gasteiger partial charge in [-0.3, -0.25) is 4.79 Å². The minimum Gasteiger partial charge on any atom is -0.544 e. The molecule has 0 radical (unpaired) electrons. The van der Waals surface area contributed by atoms with Gasteiger partial charge in [0.25, 0.3) is 0 Å². The van der Waals surface area contributed by atoms with Crippen LogP contribution in [-0.2, 0) is 14.3 Å². The minimum absolute atomic E-state index is 0. The first-order valence-corrected chi connectivity index (χ1v) is 6.16. The number of ether oxygens (including phenoxy) is 1. The fraction of sp³-hybridized carbons (Fsp3) is 0.818. The van der Waals surface area contributed by atoms with Crippen LogP contribution >= 0.6 is 0 Å². The summed E-state index contributed by atoms with van der Waals surface area (Å²) in [5, 5.41) is 60.8. The molecule has 0 aromatic heterocycles. The Balaban J connectivity index is 0.00000441. The SMILES string of the molecule is CC(=O)N[C@H]1[C@H]([C@H](O)[C@H](O)CO)OC(O)(C(=O)[O-])C[C@@H]1O.[Li+]. The molecule has 1 aliphatic rings. The zero-order chi connectivity index (χ0) is 16.4. The van der Waals surface area contributed by atoms with Crippen LogP contribution in [0.15, 0.2) is 0 Å². The van der Waals surface area contributed by atoms with Gasteiger partial charge >= 0.3 is 18.9 Å². The molecule has 0 saturated carbocycles. The van der Waals surface area contributed by atoms with Gasteiger partial charge in [0.1, 0.15) is 24.3 Å². The number of carboxylic acids is 1. The quantitative estimate of drug-likeness (QED) is 0.268. The van der Waals surface area contributed by atoms with E-state index in [2.05, 4.69) is 5.32 Å². The molecule has 0 aliphatic carbocycles. The Morgan fingerprint density at radius 1 is 1.45 bits per heavy atom. The van der Waals surface area contributed by atoms with Crippen LogP contribution in [0.2, 0.25) is 0 Å². The fourth-order valence-electron chi connectivity index (χ4n) is 2.13. The van der Waals surface area contributed by atoms with E-state index in [0.29, 0.717) is 0 Å². The summed E-state index contributed by atoms with van der Waals surface area (Å²) in [6.07, 6.45) is -7.67. The van der Waals surface area contributed by atoms with Crippen LogP contribution in [0.1, 0.15) is 13.3 Å². The molecular formula is C11H18LiNO9. The van der Waals surface area contributed by atoms with E-state index in [0.717, 1.165) is 6.92 Å². The summed E-state index contributed by atoms with van der Waals surface area (Å²) in [7, 11) is 0. The van der Waals surface area contributed by atoms with Gasteiger partial charge in [0, 0.05) is 13.3 Å². The molecule has 1 unspecified atom stereocenters. The maximum Gasteiger partial charge on any atom is 1.00 e. The van der Waals surface area contributed by atoms with E-state index >= 15 is 0 Å². The van der Waals surface area contributed by atoms with Crippen molar-refractivity contribution in [3.8, 4) is 0 Å². The van der Waals surface area contributed by atoms with Gasteiger partial charge in [-0.05, 0) is 0 Å². The molecule has 1 fully saturated rings. The van der Waals surface area contributed by atoms with Crippen molar-refractivity contribution in [1.82, 2.24) is 5.32 Å². The van der Waals surface area contributed by atoms with Crippen molar-refractivity contribution < 1.29 is 63.8 Å². The maximum absolute atomic E-state index is 11.1. The number of nitrogens with one attached hydrogen (secondary N) is 1. The molecule has 1 amide bonds. The van der Waals surface area contributed by atoms with Crippen molar-refractivity contribution in [2.24, 2.45) is 0 Å². The molecule has 1 aliphatic heterocycles. The van der Waals surface area contributed by atoms with Crippen LogP contribution in [0.25, 0.3) is 0 Å². The van der Waals surface area contributed by atoms with E-state index < -0.39 is 61.1 Å². The summed E-state index contributed by atoms with van der Waals surface area (Å²) in [6, 6.07) is -1.29.